The van der Waals surface area contributed by atoms with Crippen LogP contribution in [0, 0.1) is 0 Å². The number of aromatic nitrogens is 2. The molecule has 0 amide bonds. The number of nitrogens with zero attached hydrogens (tertiary/aromatic N) is 2. The standard InChI is InChI=1S/C16H14Cl2N2/c1-2-20-15-8-7-13(18)10-14(15)19-16(20)9-11-3-5-12(17)6-4-11/h3-8,10H,2,9H2,1H3. The van der Waals surface area contributed by atoms with E-state index in [-0.39, 0.29) is 0 Å². The molecule has 4 heteroatoms. The third kappa shape index (κ3) is 2.54. The molecule has 0 saturated heterocycles. The molecule has 0 spiro atoms. The van der Waals surface area contributed by atoms with Crippen LogP contribution in [0.2, 0.25) is 10.0 Å². The summed E-state index contributed by atoms with van der Waals surface area (Å²) < 4.78 is 2.22. The van der Waals surface area contributed by atoms with Crippen molar-refractivity contribution in [2.75, 3.05) is 0 Å². The lowest BCUT2D eigenvalue weighted by atomic mass is 10.1. The molecule has 0 atom stereocenters. The summed E-state index contributed by atoms with van der Waals surface area (Å²) >= 11 is 12.0. The number of aryl methyl sites for hydroxylation is 1. The second-order valence-electron chi connectivity index (χ2n) is 4.71. The summed E-state index contributed by atoms with van der Waals surface area (Å²) in [7, 11) is 0. The van der Waals surface area contributed by atoms with Gasteiger partial charge < -0.3 is 4.57 Å². The second kappa shape index (κ2) is 5.47. The third-order valence-electron chi connectivity index (χ3n) is 3.38. The average Bonchev–Trinajstić information content (AvgIpc) is 2.77. The van der Waals surface area contributed by atoms with Gasteiger partial charge in [-0.1, -0.05) is 35.3 Å². The summed E-state index contributed by atoms with van der Waals surface area (Å²) in [6, 6.07) is 13.7. The van der Waals surface area contributed by atoms with Crippen molar-refractivity contribution in [2.45, 2.75) is 19.9 Å². The first-order chi connectivity index (χ1) is 9.67. The Morgan fingerprint density at radius 1 is 1.00 bits per heavy atom. The molecule has 0 bridgehead atoms. The Balaban J connectivity index is 2.04. The molecular formula is C16H14Cl2N2. The van der Waals surface area contributed by atoms with Crippen LogP contribution in [0.15, 0.2) is 42.5 Å². The largest absolute Gasteiger partial charge is 0.328 e. The van der Waals surface area contributed by atoms with Crippen LogP contribution in [0.5, 0.6) is 0 Å². The molecule has 2 nitrogen and oxygen atoms in total. The van der Waals surface area contributed by atoms with Crippen molar-refractivity contribution in [3.63, 3.8) is 0 Å². The van der Waals surface area contributed by atoms with E-state index < -0.39 is 0 Å². The summed E-state index contributed by atoms with van der Waals surface area (Å²) in [6.07, 6.45) is 0.789. The predicted molar refractivity (Wildman–Crippen MR) is 84.7 cm³/mol. The minimum atomic E-state index is 0.719. The van der Waals surface area contributed by atoms with Crippen LogP contribution in [0.1, 0.15) is 18.3 Å². The molecule has 1 heterocycles. The Bertz CT molecular complexity index is 745. The van der Waals surface area contributed by atoms with Crippen LogP contribution in [-0.4, -0.2) is 9.55 Å². The van der Waals surface area contributed by atoms with Crippen molar-refractivity contribution in [1.82, 2.24) is 9.55 Å². The molecule has 0 unspecified atom stereocenters. The Kier molecular flexibility index (Phi) is 3.68. The summed E-state index contributed by atoms with van der Waals surface area (Å²) in [4.78, 5) is 4.71. The normalized spacial score (nSPS) is 11.2. The van der Waals surface area contributed by atoms with Crippen molar-refractivity contribution in [3.05, 3.63) is 63.9 Å². The van der Waals surface area contributed by atoms with Gasteiger partial charge in [-0.15, -0.1) is 0 Å². The number of rotatable bonds is 3. The molecule has 0 radical (unpaired) electrons. The van der Waals surface area contributed by atoms with Crippen LogP contribution in [0.25, 0.3) is 11.0 Å². The molecule has 2 aromatic carbocycles. The van der Waals surface area contributed by atoms with Crippen LogP contribution in [-0.2, 0) is 13.0 Å². The SMILES string of the molecule is CCn1c(Cc2ccc(Cl)cc2)nc2cc(Cl)ccc21. The fourth-order valence-electron chi connectivity index (χ4n) is 2.43. The molecule has 1 aromatic heterocycles. The van der Waals surface area contributed by atoms with E-state index in [0.29, 0.717) is 0 Å². The summed E-state index contributed by atoms with van der Waals surface area (Å²) in [5, 5.41) is 1.47. The number of benzene rings is 2. The van der Waals surface area contributed by atoms with Crippen LogP contribution in [0.4, 0.5) is 0 Å². The Hall–Kier alpha value is -1.51. The molecule has 0 aliphatic carbocycles. The first kappa shape index (κ1) is 13.5. The van der Waals surface area contributed by atoms with E-state index in [1.165, 1.54) is 5.56 Å². The van der Waals surface area contributed by atoms with Crippen LogP contribution in [0.3, 0.4) is 0 Å². The molecular weight excluding hydrogens is 291 g/mol. The zero-order valence-electron chi connectivity index (χ0n) is 11.1. The molecule has 0 N–H and O–H groups in total. The van der Waals surface area contributed by atoms with Crippen LogP contribution >= 0.6 is 23.2 Å². The maximum atomic E-state index is 6.04. The van der Waals surface area contributed by atoms with E-state index >= 15 is 0 Å². The highest BCUT2D eigenvalue weighted by Gasteiger charge is 2.10. The third-order valence-corrected chi connectivity index (χ3v) is 3.87. The monoisotopic (exact) mass is 304 g/mol. The van der Waals surface area contributed by atoms with Crippen molar-refractivity contribution >= 4 is 34.2 Å². The minimum absolute atomic E-state index is 0.719. The summed E-state index contributed by atoms with van der Waals surface area (Å²) in [5.41, 5.74) is 3.27. The van der Waals surface area contributed by atoms with Gasteiger partial charge in [0.2, 0.25) is 0 Å². The zero-order chi connectivity index (χ0) is 14.1. The quantitative estimate of drug-likeness (QED) is 0.669. The fraction of sp³-hybridized carbons (Fsp3) is 0.188. The number of halogens is 2. The highest BCUT2D eigenvalue weighted by atomic mass is 35.5. The zero-order valence-corrected chi connectivity index (χ0v) is 12.6. The Labute approximate surface area is 128 Å². The smallest absolute Gasteiger partial charge is 0.114 e. The van der Waals surface area contributed by atoms with Gasteiger partial charge in [-0.3, -0.25) is 0 Å². The van der Waals surface area contributed by atoms with Gasteiger partial charge in [-0.25, -0.2) is 4.98 Å². The molecule has 102 valence electrons. The number of hydrogen-bond acceptors (Lipinski definition) is 1. The molecule has 20 heavy (non-hydrogen) atoms. The topological polar surface area (TPSA) is 17.8 Å². The van der Waals surface area contributed by atoms with Gasteiger partial charge in [0.25, 0.3) is 0 Å². The first-order valence-corrected chi connectivity index (χ1v) is 7.32. The average molecular weight is 305 g/mol. The lowest BCUT2D eigenvalue weighted by Crippen LogP contribution is -2.02. The molecule has 3 aromatic rings. The highest BCUT2D eigenvalue weighted by molar-refractivity contribution is 6.31. The number of fused-ring (bicyclic) bond motifs is 1. The molecule has 0 aliphatic heterocycles. The van der Waals surface area contributed by atoms with Gasteiger partial charge >= 0.3 is 0 Å². The predicted octanol–water partition coefficient (Wildman–Crippen LogP) is 4.95. The van der Waals surface area contributed by atoms with Crippen molar-refractivity contribution < 1.29 is 0 Å². The van der Waals surface area contributed by atoms with E-state index in [4.69, 9.17) is 28.2 Å². The van der Waals surface area contributed by atoms with E-state index in [9.17, 15) is 0 Å². The second-order valence-corrected chi connectivity index (χ2v) is 5.58. The lowest BCUT2D eigenvalue weighted by molar-refractivity contribution is 0.733. The number of imidazole rings is 1. The summed E-state index contributed by atoms with van der Waals surface area (Å²) in [6.45, 7) is 3.02. The minimum Gasteiger partial charge on any atom is -0.328 e. The van der Waals surface area contributed by atoms with E-state index in [1.54, 1.807) is 0 Å². The molecule has 3 rings (SSSR count). The maximum Gasteiger partial charge on any atom is 0.114 e. The fourth-order valence-corrected chi connectivity index (χ4v) is 2.72. The molecule has 0 saturated carbocycles. The van der Waals surface area contributed by atoms with Crippen molar-refractivity contribution in [1.29, 1.82) is 0 Å². The van der Waals surface area contributed by atoms with Gasteiger partial charge in [0, 0.05) is 23.0 Å². The van der Waals surface area contributed by atoms with Crippen molar-refractivity contribution in [2.24, 2.45) is 0 Å². The van der Waals surface area contributed by atoms with E-state index in [2.05, 4.69) is 11.5 Å². The van der Waals surface area contributed by atoms with Gasteiger partial charge in [-0.05, 0) is 42.8 Å². The number of hydrogen-bond donors (Lipinski definition) is 0. The Morgan fingerprint density at radius 3 is 2.40 bits per heavy atom. The lowest BCUT2D eigenvalue weighted by Gasteiger charge is -2.06. The molecule has 0 fully saturated rings. The van der Waals surface area contributed by atoms with Crippen molar-refractivity contribution in [3.8, 4) is 0 Å². The van der Waals surface area contributed by atoms with E-state index in [0.717, 1.165) is 39.9 Å². The van der Waals surface area contributed by atoms with Gasteiger partial charge in [-0.2, -0.15) is 0 Å². The van der Waals surface area contributed by atoms with Gasteiger partial charge in [0.1, 0.15) is 5.82 Å². The van der Waals surface area contributed by atoms with Crippen LogP contribution < -0.4 is 0 Å². The van der Waals surface area contributed by atoms with Gasteiger partial charge in [0.15, 0.2) is 0 Å². The van der Waals surface area contributed by atoms with Gasteiger partial charge in [0.05, 0.1) is 11.0 Å². The first-order valence-electron chi connectivity index (χ1n) is 6.56. The molecule has 0 aliphatic rings. The summed E-state index contributed by atoms with van der Waals surface area (Å²) in [5.74, 6) is 1.05. The van der Waals surface area contributed by atoms with E-state index in [1.807, 2.05) is 42.5 Å². The Morgan fingerprint density at radius 2 is 1.70 bits per heavy atom. The highest BCUT2D eigenvalue weighted by Crippen LogP contribution is 2.22. The maximum absolute atomic E-state index is 6.04.